The van der Waals surface area contributed by atoms with Crippen molar-refractivity contribution in [2.45, 2.75) is 365 Å². The van der Waals surface area contributed by atoms with Crippen molar-refractivity contribution in [3.8, 4) is 0 Å². The summed E-state index contributed by atoms with van der Waals surface area (Å²) in [5, 5.41) is 54.2. The SMILES string of the molecule is C/C=C/CC/C=C/CC/C=C/C(O)C(COC1OC(CO)C(O)C(O)C1O)NC(=O)CCCCCCCCCCCCCCC/C=C\C/C=C\CCCCCCCCCCCOC(=O)CCCCCCCCCCCCCCCCCCC. The number of rotatable bonds is 61. The summed E-state index contributed by atoms with van der Waals surface area (Å²) in [4.78, 5) is 25.1. The van der Waals surface area contributed by atoms with E-state index in [-0.39, 0.29) is 18.5 Å². The van der Waals surface area contributed by atoms with E-state index >= 15 is 0 Å². The van der Waals surface area contributed by atoms with E-state index in [1.807, 2.05) is 19.1 Å². The number of carbonyl (C=O) groups is 2. The highest BCUT2D eigenvalue weighted by molar-refractivity contribution is 5.76. The van der Waals surface area contributed by atoms with E-state index in [0.717, 1.165) is 70.6 Å². The summed E-state index contributed by atoms with van der Waals surface area (Å²) in [7, 11) is 0. The second kappa shape index (κ2) is 61.0. The largest absolute Gasteiger partial charge is 0.466 e. The van der Waals surface area contributed by atoms with Crippen LogP contribution in [0.2, 0.25) is 0 Å². The maximum Gasteiger partial charge on any atom is 0.305 e. The normalized spacial score (nSPS) is 18.5. The maximum absolute atomic E-state index is 13.0. The van der Waals surface area contributed by atoms with Crippen LogP contribution in [0.3, 0.4) is 0 Å². The summed E-state index contributed by atoms with van der Waals surface area (Å²) in [6.45, 7) is 4.11. The Kier molecular flexibility index (Phi) is 57.6. The molecule has 83 heavy (non-hydrogen) atoms. The van der Waals surface area contributed by atoms with Crippen molar-refractivity contribution in [2.24, 2.45) is 0 Å². The standard InChI is InChI=1S/C72H131NO10/c1-3-5-7-9-11-13-14-15-16-30-34-37-40-44-48-52-56-60-68(77)81-61-57-53-49-45-41-38-35-32-29-27-25-23-21-19-17-18-20-22-24-26-28-31-33-36-39-43-47-51-55-59-67(76)73-64(65(75)58-54-50-46-42-12-10-8-6-4-2)63-82-72-71(80)70(79)69(78)66(62-74)83-72/h4,6,12,17,19,23,25,42,54,58,64-66,69-72,74-75,78-80H,3,5,7-11,13-16,18,20-22,24,26-41,43-53,55-57,59-63H2,1-2H3,(H,73,76)/b6-4+,19-17-,25-23-,42-12+,58-54+. The quantitative estimate of drug-likeness (QED) is 0.0195. The minimum atomic E-state index is -1.58. The molecule has 0 radical (unpaired) electrons. The number of nitrogens with one attached hydrogen (secondary N) is 1. The number of hydrogen-bond donors (Lipinski definition) is 6. The Hall–Kier alpha value is -2.64. The van der Waals surface area contributed by atoms with Crippen LogP contribution in [-0.2, 0) is 23.8 Å². The van der Waals surface area contributed by atoms with Crippen LogP contribution in [0, 0.1) is 0 Å². The first-order valence-electron chi connectivity index (χ1n) is 35.0. The lowest BCUT2D eigenvalue weighted by Gasteiger charge is -2.40. The first-order valence-corrected chi connectivity index (χ1v) is 35.0. The number of amides is 1. The molecule has 1 amide bonds. The predicted octanol–water partition coefficient (Wildman–Crippen LogP) is 17.7. The number of unbranched alkanes of at least 4 members (excludes halogenated alkanes) is 40. The molecule has 7 atom stereocenters. The lowest BCUT2D eigenvalue weighted by atomic mass is 9.99. The molecule has 0 aromatic carbocycles. The Morgan fingerprint density at radius 3 is 1.33 bits per heavy atom. The van der Waals surface area contributed by atoms with E-state index in [1.54, 1.807) is 6.08 Å². The van der Waals surface area contributed by atoms with Crippen molar-refractivity contribution in [3.63, 3.8) is 0 Å². The van der Waals surface area contributed by atoms with Crippen LogP contribution in [-0.4, -0.2) is 100 Å². The van der Waals surface area contributed by atoms with Crippen molar-refractivity contribution in [3.05, 3.63) is 60.8 Å². The molecule has 484 valence electrons. The van der Waals surface area contributed by atoms with Gasteiger partial charge in [0.1, 0.15) is 24.4 Å². The van der Waals surface area contributed by atoms with Gasteiger partial charge in [0.2, 0.25) is 5.91 Å². The molecule has 7 unspecified atom stereocenters. The van der Waals surface area contributed by atoms with Crippen LogP contribution in [0.1, 0.15) is 322 Å². The number of aliphatic hydroxyl groups is 5. The fourth-order valence-electron chi connectivity index (χ4n) is 10.9. The third-order valence-electron chi connectivity index (χ3n) is 16.4. The summed E-state index contributed by atoms with van der Waals surface area (Å²) in [6.07, 6.45) is 71.1. The molecule has 0 aromatic rings. The highest BCUT2D eigenvalue weighted by Gasteiger charge is 2.44. The van der Waals surface area contributed by atoms with Crippen LogP contribution in [0.25, 0.3) is 0 Å². The maximum atomic E-state index is 13.0. The average molecular weight is 1170 g/mol. The lowest BCUT2D eigenvalue weighted by molar-refractivity contribution is -0.302. The second-order valence-corrected chi connectivity index (χ2v) is 24.2. The highest BCUT2D eigenvalue weighted by atomic mass is 16.7. The van der Waals surface area contributed by atoms with Crippen molar-refractivity contribution < 1.29 is 49.3 Å². The van der Waals surface area contributed by atoms with Gasteiger partial charge in [0.05, 0.1) is 32.0 Å². The van der Waals surface area contributed by atoms with Crippen molar-refractivity contribution in [2.75, 3.05) is 19.8 Å². The van der Waals surface area contributed by atoms with Crippen LogP contribution in [0.15, 0.2) is 60.8 Å². The molecular formula is C72H131NO10. The minimum absolute atomic E-state index is 0.00657. The molecule has 1 rings (SSSR count). The number of ether oxygens (including phenoxy) is 3. The highest BCUT2D eigenvalue weighted by Crippen LogP contribution is 2.23. The molecule has 1 aliphatic rings. The van der Waals surface area contributed by atoms with Gasteiger partial charge < -0.3 is 45.1 Å². The van der Waals surface area contributed by atoms with Gasteiger partial charge in [-0.15, -0.1) is 0 Å². The summed E-state index contributed by atoms with van der Waals surface area (Å²) in [6, 6.07) is -0.835. The summed E-state index contributed by atoms with van der Waals surface area (Å²) in [5.41, 5.74) is 0. The number of allylic oxidation sites excluding steroid dienone is 9. The zero-order chi connectivity index (χ0) is 60.2. The molecule has 11 heteroatoms. The van der Waals surface area contributed by atoms with Gasteiger partial charge >= 0.3 is 5.97 Å². The molecule has 0 bridgehead atoms. The minimum Gasteiger partial charge on any atom is -0.466 e. The van der Waals surface area contributed by atoms with Gasteiger partial charge in [-0.2, -0.15) is 0 Å². The van der Waals surface area contributed by atoms with E-state index in [1.165, 1.54) is 225 Å². The van der Waals surface area contributed by atoms with E-state index in [0.29, 0.717) is 19.4 Å². The monoisotopic (exact) mass is 1170 g/mol. The molecule has 0 spiro atoms. The van der Waals surface area contributed by atoms with Gasteiger partial charge in [0, 0.05) is 12.8 Å². The average Bonchev–Trinajstić information content (AvgIpc) is 3.65. The Morgan fingerprint density at radius 2 is 0.867 bits per heavy atom. The van der Waals surface area contributed by atoms with E-state index in [4.69, 9.17) is 14.2 Å². The zero-order valence-electron chi connectivity index (χ0n) is 53.7. The van der Waals surface area contributed by atoms with E-state index in [2.05, 4.69) is 54.8 Å². The van der Waals surface area contributed by atoms with E-state index in [9.17, 15) is 35.1 Å². The molecule has 0 saturated carbocycles. The zero-order valence-corrected chi connectivity index (χ0v) is 53.7. The Balaban J connectivity index is 1.93. The van der Waals surface area contributed by atoms with Crippen LogP contribution >= 0.6 is 0 Å². The number of hydrogen-bond acceptors (Lipinski definition) is 10. The molecule has 1 heterocycles. The van der Waals surface area contributed by atoms with E-state index < -0.39 is 49.5 Å². The Morgan fingerprint density at radius 1 is 0.470 bits per heavy atom. The fraction of sp³-hybridized carbons (Fsp3) is 0.833. The smallest absolute Gasteiger partial charge is 0.305 e. The number of carbonyl (C=O) groups excluding carboxylic acids is 2. The summed E-state index contributed by atoms with van der Waals surface area (Å²) >= 11 is 0. The third kappa shape index (κ3) is 50.1. The van der Waals surface area contributed by atoms with Gasteiger partial charge in [0.25, 0.3) is 0 Å². The number of aliphatic hydroxyl groups excluding tert-OH is 5. The van der Waals surface area contributed by atoms with Crippen LogP contribution in [0.5, 0.6) is 0 Å². The molecule has 1 saturated heterocycles. The fourth-order valence-corrected chi connectivity index (χ4v) is 10.9. The van der Waals surface area contributed by atoms with Gasteiger partial charge in [0.15, 0.2) is 6.29 Å². The third-order valence-corrected chi connectivity index (χ3v) is 16.4. The first kappa shape index (κ1) is 78.4. The Bertz CT molecular complexity index is 1560. The number of esters is 1. The molecule has 0 aliphatic carbocycles. The van der Waals surface area contributed by atoms with Crippen molar-refractivity contribution in [1.82, 2.24) is 5.32 Å². The Labute approximate surface area is 509 Å². The molecule has 11 nitrogen and oxygen atoms in total. The predicted molar refractivity (Wildman–Crippen MR) is 347 cm³/mol. The molecular weight excluding hydrogens is 1040 g/mol. The lowest BCUT2D eigenvalue weighted by Crippen LogP contribution is -2.60. The molecule has 6 N–H and O–H groups in total. The van der Waals surface area contributed by atoms with Gasteiger partial charge in [-0.05, 0) is 84.0 Å². The van der Waals surface area contributed by atoms with Gasteiger partial charge in [-0.1, -0.05) is 286 Å². The molecule has 1 fully saturated rings. The van der Waals surface area contributed by atoms with Gasteiger partial charge in [-0.25, -0.2) is 0 Å². The first-order chi connectivity index (χ1) is 40.7. The van der Waals surface area contributed by atoms with Crippen molar-refractivity contribution in [1.29, 1.82) is 0 Å². The summed E-state index contributed by atoms with van der Waals surface area (Å²) in [5.74, 6) is -0.194. The van der Waals surface area contributed by atoms with Crippen LogP contribution in [0.4, 0.5) is 0 Å². The molecule has 1 aliphatic heterocycles. The van der Waals surface area contributed by atoms with Crippen LogP contribution < -0.4 is 5.32 Å². The van der Waals surface area contributed by atoms with Crippen molar-refractivity contribution >= 4 is 11.9 Å². The second-order valence-electron chi connectivity index (χ2n) is 24.2. The topological polar surface area (TPSA) is 175 Å². The molecule has 0 aromatic heterocycles. The van der Waals surface area contributed by atoms with Gasteiger partial charge in [-0.3, -0.25) is 9.59 Å². The summed E-state index contributed by atoms with van der Waals surface area (Å²) < 4.78 is 16.7.